The minimum Gasteiger partial charge on any atom is -0.427 e. The van der Waals surface area contributed by atoms with Crippen molar-refractivity contribution in [3.05, 3.63) is 33.4 Å². The van der Waals surface area contributed by atoms with Crippen molar-refractivity contribution < 1.29 is 13.9 Å². The number of amides is 1. The second kappa shape index (κ2) is 7.79. The smallest absolute Gasteiger partial charge is 0.349 e. The van der Waals surface area contributed by atoms with Crippen molar-refractivity contribution in [3.8, 4) is 0 Å². The first-order chi connectivity index (χ1) is 12.1. The molecule has 0 aromatic carbocycles. The summed E-state index contributed by atoms with van der Waals surface area (Å²) >= 11 is 1.42. The van der Waals surface area contributed by atoms with Gasteiger partial charge in [-0.25, -0.2) is 9.48 Å². The van der Waals surface area contributed by atoms with Crippen molar-refractivity contribution in [2.24, 2.45) is 7.05 Å². The van der Waals surface area contributed by atoms with Crippen LogP contribution in [-0.4, -0.2) is 51.6 Å². The normalized spacial score (nSPS) is 17.0. The van der Waals surface area contributed by atoms with Gasteiger partial charge in [0, 0.05) is 31.9 Å². The van der Waals surface area contributed by atoms with Crippen LogP contribution in [0.1, 0.15) is 34.0 Å². The Morgan fingerprint density at radius 3 is 3.00 bits per heavy atom. The van der Waals surface area contributed by atoms with Gasteiger partial charge >= 0.3 is 5.63 Å². The second-order valence-corrected chi connectivity index (χ2v) is 6.81. The number of aryl methyl sites for hydroxylation is 2. The first kappa shape index (κ1) is 17.6. The van der Waals surface area contributed by atoms with Gasteiger partial charge in [0.25, 0.3) is 5.91 Å². The molecule has 10 heteroatoms. The molecular weight excluding hydrogens is 346 g/mol. The van der Waals surface area contributed by atoms with Crippen LogP contribution in [0.4, 0.5) is 0 Å². The molecule has 0 aliphatic carbocycles. The highest BCUT2D eigenvalue weighted by molar-refractivity contribution is 7.99. The first-order valence-corrected chi connectivity index (χ1v) is 8.90. The number of hydrogen-bond donors (Lipinski definition) is 1. The number of carbonyl (C=O) groups excluding carboxylic acids is 1. The molecule has 1 aliphatic heterocycles. The van der Waals surface area contributed by atoms with Crippen molar-refractivity contribution in [2.45, 2.75) is 24.4 Å². The molecule has 0 radical (unpaired) electrons. The zero-order valence-corrected chi connectivity index (χ0v) is 14.8. The van der Waals surface area contributed by atoms with Gasteiger partial charge in [-0.15, -0.1) is 5.10 Å². The summed E-state index contributed by atoms with van der Waals surface area (Å²) in [5.41, 5.74) is 0.0540. The molecule has 25 heavy (non-hydrogen) atoms. The highest BCUT2D eigenvalue weighted by atomic mass is 32.2. The molecule has 0 saturated carbocycles. The molecule has 3 rings (SSSR count). The number of ether oxygens (including phenoxy) is 1. The van der Waals surface area contributed by atoms with Gasteiger partial charge < -0.3 is 14.5 Å². The third kappa shape index (κ3) is 4.07. The average Bonchev–Trinajstić information content (AvgIpc) is 3.23. The Morgan fingerprint density at radius 1 is 1.52 bits per heavy atom. The topological polar surface area (TPSA) is 112 Å². The summed E-state index contributed by atoms with van der Waals surface area (Å²) in [6.45, 7) is 3.33. The Balaban J connectivity index is 1.59. The zero-order chi connectivity index (χ0) is 17.8. The molecule has 0 spiro atoms. The molecule has 1 N–H and O–H groups in total. The quantitative estimate of drug-likeness (QED) is 0.582. The predicted octanol–water partition coefficient (Wildman–Crippen LogP) is 0.498. The average molecular weight is 365 g/mol. The van der Waals surface area contributed by atoms with Gasteiger partial charge in [0.15, 0.2) is 0 Å². The molecule has 0 bridgehead atoms. The van der Waals surface area contributed by atoms with Crippen LogP contribution in [-0.2, 0) is 11.8 Å². The molecule has 1 atom stereocenters. The summed E-state index contributed by atoms with van der Waals surface area (Å²) in [6, 6.07) is 1.76. The van der Waals surface area contributed by atoms with Gasteiger partial charge in [-0.3, -0.25) is 4.79 Å². The number of thioether (sulfide) groups is 1. The third-order valence-corrected chi connectivity index (χ3v) is 4.94. The number of tetrazole rings is 1. The maximum atomic E-state index is 12.3. The predicted molar refractivity (Wildman–Crippen MR) is 89.7 cm³/mol. The number of nitrogens with zero attached hydrogens (tertiary/aromatic N) is 4. The number of nitrogens with one attached hydrogen (secondary N) is 1. The highest BCUT2D eigenvalue weighted by Crippen LogP contribution is 2.25. The van der Waals surface area contributed by atoms with Crippen molar-refractivity contribution >= 4 is 17.7 Å². The van der Waals surface area contributed by atoms with E-state index in [-0.39, 0.29) is 11.5 Å². The number of hydrogen-bond acceptors (Lipinski definition) is 8. The molecule has 1 unspecified atom stereocenters. The molecule has 134 valence electrons. The maximum absolute atomic E-state index is 12.3. The summed E-state index contributed by atoms with van der Waals surface area (Å²) in [7, 11) is 1.74. The van der Waals surface area contributed by atoms with Crippen LogP contribution in [0.5, 0.6) is 0 Å². The standard InChI is InChI=1S/C15H19N5O4S/c1-9-7-11(10-3-5-23-8-10)24-14(22)12(9)13(21)16-4-6-25-15-17-18-19-20(15)2/h7,10H,3-6,8H2,1-2H3,(H,16,21). The fourth-order valence-corrected chi connectivity index (χ4v) is 3.31. The lowest BCUT2D eigenvalue weighted by molar-refractivity contribution is 0.0951. The van der Waals surface area contributed by atoms with E-state index in [0.29, 0.717) is 42.0 Å². The fourth-order valence-electron chi connectivity index (χ4n) is 2.60. The minimum absolute atomic E-state index is 0.0491. The van der Waals surface area contributed by atoms with Gasteiger partial charge in [-0.05, 0) is 35.4 Å². The lowest BCUT2D eigenvalue weighted by atomic mass is 10.0. The zero-order valence-electron chi connectivity index (χ0n) is 14.0. The van der Waals surface area contributed by atoms with Crippen LogP contribution >= 0.6 is 11.8 Å². The Hall–Kier alpha value is -2.20. The molecule has 1 amide bonds. The Morgan fingerprint density at radius 2 is 2.36 bits per heavy atom. The van der Waals surface area contributed by atoms with Crippen LogP contribution in [0.25, 0.3) is 0 Å². The molecule has 1 aliphatic rings. The Labute approximate surface area is 148 Å². The maximum Gasteiger partial charge on any atom is 0.349 e. The highest BCUT2D eigenvalue weighted by Gasteiger charge is 2.23. The van der Waals surface area contributed by atoms with E-state index in [1.54, 1.807) is 24.7 Å². The Kier molecular flexibility index (Phi) is 5.49. The van der Waals surface area contributed by atoms with Crippen LogP contribution < -0.4 is 10.9 Å². The lowest BCUT2D eigenvalue weighted by Gasteiger charge is -2.10. The molecule has 3 heterocycles. The summed E-state index contributed by atoms with van der Waals surface area (Å²) in [6.07, 6.45) is 0.821. The van der Waals surface area contributed by atoms with E-state index in [2.05, 4.69) is 20.8 Å². The van der Waals surface area contributed by atoms with E-state index in [1.807, 2.05) is 0 Å². The minimum atomic E-state index is -0.607. The van der Waals surface area contributed by atoms with Crippen LogP contribution in [0.15, 0.2) is 20.4 Å². The fraction of sp³-hybridized carbons (Fsp3) is 0.533. The summed E-state index contributed by atoms with van der Waals surface area (Å²) in [4.78, 5) is 24.5. The van der Waals surface area contributed by atoms with Gasteiger partial charge in [0.1, 0.15) is 11.3 Å². The van der Waals surface area contributed by atoms with Crippen molar-refractivity contribution in [2.75, 3.05) is 25.5 Å². The molecule has 1 saturated heterocycles. The lowest BCUT2D eigenvalue weighted by Crippen LogP contribution is -2.31. The molecule has 2 aromatic rings. The van der Waals surface area contributed by atoms with E-state index < -0.39 is 11.5 Å². The van der Waals surface area contributed by atoms with Crippen LogP contribution in [0.2, 0.25) is 0 Å². The van der Waals surface area contributed by atoms with Gasteiger partial charge in [-0.1, -0.05) is 11.8 Å². The molecule has 2 aromatic heterocycles. The molecule has 9 nitrogen and oxygen atoms in total. The van der Waals surface area contributed by atoms with Gasteiger partial charge in [0.05, 0.1) is 6.61 Å². The van der Waals surface area contributed by atoms with E-state index in [1.165, 1.54) is 11.8 Å². The van der Waals surface area contributed by atoms with E-state index >= 15 is 0 Å². The largest absolute Gasteiger partial charge is 0.427 e. The summed E-state index contributed by atoms with van der Waals surface area (Å²) in [5.74, 6) is 0.820. The number of rotatable bonds is 6. The van der Waals surface area contributed by atoms with Crippen molar-refractivity contribution in [1.82, 2.24) is 25.5 Å². The van der Waals surface area contributed by atoms with Gasteiger partial charge in [0.2, 0.25) is 5.16 Å². The molecule has 1 fully saturated rings. The SMILES string of the molecule is Cc1cc(C2CCOC2)oc(=O)c1C(=O)NCCSc1nnnn1C. The number of aromatic nitrogens is 4. The third-order valence-electron chi connectivity index (χ3n) is 3.93. The summed E-state index contributed by atoms with van der Waals surface area (Å²) in [5, 5.41) is 14.5. The Bertz CT molecular complexity index is 812. The first-order valence-electron chi connectivity index (χ1n) is 7.92. The monoisotopic (exact) mass is 365 g/mol. The van der Waals surface area contributed by atoms with Crippen LogP contribution in [0.3, 0.4) is 0 Å². The second-order valence-electron chi connectivity index (χ2n) is 5.74. The van der Waals surface area contributed by atoms with E-state index in [4.69, 9.17) is 9.15 Å². The number of carbonyl (C=O) groups is 1. The van der Waals surface area contributed by atoms with E-state index in [9.17, 15) is 9.59 Å². The van der Waals surface area contributed by atoms with Crippen LogP contribution in [0, 0.1) is 6.92 Å². The van der Waals surface area contributed by atoms with Crippen molar-refractivity contribution in [3.63, 3.8) is 0 Å². The van der Waals surface area contributed by atoms with E-state index in [0.717, 1.165) is 6.42 Å². The van der Waals surface area contributed by atoms with Crippen molar-refractivity contribution in [1.29, 1.82) is 0 Å². The summed E-state index contributed by atoms with van der Waals surface area (Å²) < 4.78 is 12.2. The van der Waals surface area contributed by atoms with Gasteiger partial charge in [-0.2, -0.15) is 0 Å². The molecular formula is C15H19N5O4S.